The molecule has 0 heterocycles. The van der Waals surface area contributed by atoms with Crippen LogP contribution >= 0.6 is 0 Å². The second-order valence-electron chi connectivity index (χ2n) is 5.35. The van der Waals surface area contributed by atoms with Gasteiger partial charge in [0.1, 0.15) is 11.5 Å². The topological polar surface area (TPSA) is 52.3 Å². The van der Waals surface area contributed by atoms with Gasteiger partial charge in [-0.15, -0.1) is 0 Å². The summed E-state index contributed by atoms with van der Waals surface area (Å²) in [5, 5.41) is 0. The molecule has 0 aliphatic heterocycles. The lowest BCUT2D eigenvalue weighted by atomic mass is 9.89. The molecule has 1 aliphatic carbocycles. The number of ether oxygens (including phenoxy) is 1. The van der Waals surface area contributed by atoms with Gasteiger partial charge in [0.05, 0.1) is 7.11 Å². The first-order chi connectivity index (χ1) is 9.24. The highest BCUT2D eigenvalue weighted by Gasteiger charge is 2.31. The smallest absolute Gasteiger partial charge is 0.136 e. The van der Waals surface area contributed by atoms with Gasteiger partial charge in [0, 0.05) is 12.3 Å². The van der Waals surface area contributed by atoms with Gasteiger partial charge in [-0.25, -0.2) is 0 Å². The van der Waals surface area contributed by atoms with E-state index in [0.29, 0.717) is 24.7 Å². The zero-order valence-electron chi connectivity index (χ0n) is 11.6. The average Bonchev–Trinajstić information content (AvgIpc) is 2.93. The number of carbonyl (C=O) groups is 1. The Kier molecular flexibility index (Phi) is 4.97. The molecule has 1 saturated carbocycles. The van der Waals surface area contributed by atoms with Gasteiger partial charge in [0.15, 0.2) is 0 Å². The van der Waals surface area contributed by atoms with Crippen LogP contribution in [0.1, 0.15) is 31.2 Å². The van der Waals surface area contributed by atoms with Crippen molar-refractivity contribution in [1.82, 2.24) is 0 Å². The summed E-state index contributed by atoms with van der Waals surface area (Å²) < 4.78 is 5.12. The highest BCUT2D eigenvalue weighted by Crippen LogP contribution is 2.32. The van der Waals surface area contributed by atoms with Crippen molar-refractivity contribution in [3.05, 3.63) is 29.8 Å². The molecule has 0 bridgehead atoms. The first-order valence-electron chi connectivity index (χ1n) is 7.10. The second-order valence-corrected chi connectivity index (χ2v) is 5.35. The van der Waals surface area contributed by atoms with Crippen molar-refractivity contribution < 1.29 is 9.53 Å². The Morgan fingerprint density at radius 1 is 1.32 bits per heavy atom. The first-order valence-corrected chi connectivity index (χ1v) is 7.10. The minimum absolute atomic E-state index is 0.211. The molecule has 1 aromatic carbocycles. The third-order valence-corrected chi connectivity index (χ3v) is 4.19. The minimum atomic E-state index is 0.211. The lowest BCUT2D eigenvalue weighted by Gasteiger charge is -2.16. The highest BCUT2D eigenvalue weighted by atomic mass is 16.5. The van der Waals surface area contributed by atoms with Gasteiger partial charge in [-0.1, -0.05) is 18.6 Å². The molecule has 0 saturated heterocycles. The summed E-state index contributed by atoms with van der Waals surface area (Å²) in [6, 6.07) is 7.94. The molecule has 0 radical (unpaired) electrons. The molecule has 2 atom stereocenters. The third kappa shape index (κ3) is 3.57. The van der Waals surface area contributed by atoms with E-state index < -0.39 is 0 Å². The number of hydrogen-bond acceptors (Lipinski definition) is 3. The lowest BCUT2D eigenvalue weighted by Crippen LogP contribution is -2.25. The van der Waals surface area contributed by atoms with Crippen LogP contribution in [0.3, 0.4) is 0 Å². The Balaban J connectivity index is 1.85. The largest absolute Gasteiger partial charge is 0.497 e. The van der Waals surface area contributed by atoms with Crippen molar-refractivity contribution in [2.45, 2.75) is 32.1 Å². The Labute approximate surface area is 115 Å². The number of Topliss-reactive ketones (excluding diaryl/α,β-unsaturated/α-hetero) is 1. The van der Waals surface area contributed by atoms with Crippen LogP contribution < -0.4 is 10.5 Å². The maximum Gasteiger partial charge on any atom is 0.136 e. The van der Waals surface area contributed by atoms with Crippen LogP contribution in [0.15, 0.2) is 24.3 Å². The van der Waals surface area contributed by atoms with E-state index in [0.717, 1.165) is 31.4 Å². The Morgan fingerprint density at radius 2 is 2.05 bits per heavy atom. The zero-order valence-corrected chi connectivity index (χ0v) is 11.6. The van der Waals surface area contributed by atoms with E-state index in [1.807, 2.05) is 24.3 Å². The molecule has 2 unspecified atom stereocenters. The van der Waals surface area contributed by atoms with Crippen LogP contribution in [0.2, 0.25) is 0 Å². The predicted molar refractivity (Wildman–Crippen MR) is 76.2 cm³/mol. The third-order valence-electron chi connectivity index (χ3n) is 4.19. The molecular formula is C16H23NO2. The number of hydrogen-bond donors (Lipinski definition) is 1. The SMILES string of the molecule is COc1ccc(CCC(=O)C2CCCC2CN)cc1. The molecule has 0 spiro atoms. The lowest BCUT2D eigenvalue weighted by molar-refractivity contribution is -0.123. The Bertz CT molecular complexity index is 413. The van der Waals surface area contributed by atoms with Gasteiger partial charge in [-0.3, -0.25) is 4.79 Å². The van der Waals surface area contributed by atoms with Gasteiger partial charge in [-0.2, -0.15) is 0 Å². The van der Waals surface area contributed by atoms with Crippen molar-refractivity contribution in [3.63, 3.8) is 0 Å². The van der Waals surface area contributed by atoms with E-state index in [9.17, 15) is 4.79 Å². The van der Waals surface area contributed by atoms with E-state index in [-0.39, 0.29) is 5.92 Å². The molecule has 3 heteroatoms. The Morgan fingerprint density at radius 3 is 2.68 bits per heavy atom. The van der Waals surface area contributed by atoms with E-state index >= 15 is 0 Å². The molecule has 1 aromatic rings. The van der Waals surface area contributed by atoms with Crippen molar-refractivity contribution in [2.75, 3.05) is 13.7 Å². The molecule has 3 nitrogen and oxygen atoms in total. The number of carbonyl (C=O) groups excluding carboxylic acids is 1. The van der Waals surface area contributed by atoms with E-state index in [2.05, 4.69) is 0 Å². The Hall–Kier alpha value is -1.35. The van der Waals surface area contributed by atoms with E-state index in [1.54, 1.807) is 7.11 Å². The van der Waals surface area contributed by atoms with Gasteiger partial charge in [-0.05, 0) is 49.4 Å². The van der Waals surface area contributed by atoms with Gasteiger partial charge >= 0.3 is 0 Å². The predicted octanol–water partition coefficient (Wildman–Crippen LogP) is 2.57. The number of nitrogens with two attached hydrogens (primary N) is 1. The number of ketones is 1. The quantitative estimate of drug-likeness (QED) is 0.856. The molecule has 1 fully saturated rings. The highest BCUT2D eigenvalue weighted by molar-refractivity contribution is 5.81. The standard InChI is InChI=1S/C16H23NO2/c1-19-14-8-5-12(6-9-14)7-10-16(18)15-4-2-3-13(15)11-17/h5-6,8-9,13,15H,2-4,7,10-11,17H2,1H3. The number of methoxy groups -OCH3 is 1. The van der Waals surface area contributed by atoms with Crippen LogP contribution in [0, 0.1) is 11.8 Å². The number of aryl methyl sites for hydroxylation is 1. The maximum atomic E-state index is 12.2. The fourth-order valence-electron chi connectivity index (χ4n) is 2.99. The molecule has 104 valence electrons. The van der Waals surface area contributed by atoms with Crippen LogP contribution in [0.25, 0.3) is 0 Å². The van der Waals surface area contributed by atoms with E-state index in [4.69, 9.17) is 10.5 Å². The summed E-state index contributed by atoms with van der Waals surface area (Å²) in [6.07, 6.45) is 4.75. The zero-order chi connectivity index (χ0) is 13.7. The first kappa shape index (κ1) is 14.1. The van der Waals surface area contributed by atoms with E-state index in [1.165, 1.54) is 5.56 Å². The van der Waals surface area contributed by atoms with Crippen molar-refractivity contribution >= 4 is 5.78 Å². The van der Waals surface area contributed by atoms with Crippen molar-refractivity contribution in [3.8, 4) is 5.75 Å². The van der Waals surface area contributed by atoms with Crippen molar-refractivity contribution in [2.24, 2.45) is 17.6 Å². The number of rotatable bonds is 6. The fraction of sp³-hybridized carbons (Fsp3) is 0.562. The van der Waals surface area contributed by atoms with Gasteiger partial charge < -0.3 is 10.5 Å². The van der Waals surface area contributed by atoms with Crippen LogP contribution in [0.4, 0.5) is 0 Å². The summed E-state index contributed by atoms with van der Waals surface area (Å²) in [7, 11) is 1.66. The molecular weight excluding hydrogens is 238 g/mol. The molecule has 1 aliphatic rings. The van der Waals surface area contributed by atoms with Crippen LogP contribution in [-0.4, -0.2) is 19.4 Å². The summed E-state index contributed by atoms with van der Waals surface area (Å²) >= 11 is 0. The monoisotopic (exact) mass is 261 g/mol. The van der Waals surface area contributed by atoms with Crippen LogP contribution in [-0.2, 0) is 11.2 Å². The fourth-order valence-corrected chi connectivity index (χ4v) is 2.99. The molecule has 19 heavy (non-hydrogen) atoms. The summed E-state index contributed by atoms with van der Waals surface area (Å²) in [5.41, 5.74) is 6.93. The van der Waals surface area contributed by atoms with Gasteiger partial charge in [0.25, 0.3) is 0 Å². The average molecular weight is 261 g/mol. The summed E-state index contributed by atoms with van der Waals surface area (Å²) in [5.74, 6) is 1.88. The maximum absolute atomic E-state index is 12.2. The summed E-state index contributed by atoms with van der Waals surface area (Å²) in [4.78, 5) is 12.2. The molecule has 0 aromatic heterocycles. The normalized spacial score (nSPS) is 22.4. The summed E-state index contributed by atoms with van der Waals surface area (Å²) in [6.45, 7) is 0.652. The molecule has 2 N–H and O–H groups in total. The van der Waals surface area contributed by atoms with Gasteiger partial charge in [0.2, 0.25) is 0 Å². The molecule has 0 amide bonds. The number of benzene rings is 1. The second kappa shape index (κ2) is 6.71. The minimum Gasteiger partial charge on any atom is -0.497 e. The van der Waals surface area contributed by atoms with Crippen LogP contribution in [0.5, 0.6) is 5.75 Å². The molecule has 2 rings (SSSR count). The van der Waals surface area contributed by atoms with Crippen molar-refractivity contribution in [1.29, 1.82) is 0 Å².